The van der Waals surface area contributed by atoms with E-state index >= 15 is 0 Å². The van der Waals surface area contributed by atoms with E-state index in [2.05, 4.69) is 0 Å². The molecule has 32 heavy (non-hydrogen) atoms. The third-order valence-electron chi connectivity index (χ3n) is 7.55. The number of aliphatic carboxylic acids is 1. The van der Waals surface area contributed by atoms with Gasteiger partial charge in [-0.3, -0.25) is 9.79 Å². The molecule has 11 heteroatoms. The summed E-state index contributed by atoms with van der Waals surface area (Å²) in [6.07, 6.45) is 7.24. The van der Waals surface area contributed by atoms with Gasteiger partial charge >= 0.3 is 13.8 Å². The average molecular weight is 487 g/mol. The molecule has 4 saturated carbocycles. The summed E-state index contributed by atoms with van der Waals surface area (Å²) < 4.78 is 22.5. The van der Waals surface area contributed by atoms with Gasteiger partial charge < -0.3 is 14.4 Å². The molecule has 1 heterocycles. The Morgan fingerprint density at radius 1 is 1.16 bits per heavy atom. The molecular formula is C21H24ClO9P. The second-order valence-electron chi connectivity index (χ2n) is 9.18. The highest BCUT2D eigenvalue weighted by molar-refractivity contribution is 7.46. The summed E-state index contributed by atoms with van der Waals surface area (Å²) in [5.41, 5.74) is -0.331. The van der Waals surface area contributed by atoms with Crippen LogP contribution in [0.3, 0.4) is 0 Å². The molecule has 1 unspecified atom stereocenters. The molecule has 5 aliphatic rings. The second-order valence-corrected chi connectivity index (χ2v) is 10.7. The minimum atomic E-state index is -5.00. The molecule has 0 radical (unpaired) electrons. The molecule has 1 atom stereocenters. The average Bonchev–Trinajstić information content (AvgIpc) is 2.68. The first kappa shape index (κ1) is 22.3. The molecule has 0 aromatic heterocycles. The fourth-order valence-electron chi connectivity index (χ4n) is 6.66. The lowest BCUT2D eigenvalue weighted by molar-refractivity contribution is -0.645. The number of carbonyl (C=O) groups is 1. The maximum Gasteiger partial charge on any atom is 0.524 e. The maximum absolute atomic E-state index is 11.6. The first-order chi connectivity index (χ1) is 15.1. The fraction of sp³-hybridized carbons (Fsp3) is 0.571. The standard InChI is InChI=1S/C21H24ClO9P/c1-28-21(20(30-31-21)14-7-11-6-12(9-14)10-15(20)8-11)16-4-2-13(3-5-17(23)24)19(18(16)22)29-32(25,26)27/h2-5,11-12,14-15H,6-10H2,1H3,(H,23,24)(H2,25,26,27)/b5-3+. The van der Waals surface area contributed by atoms with Crippen molar-refractivity contribution in [2.24, 2.45) is 23.7 Å². The maximum atomic E-state index is 11.6. The highest BCUT2D eigenvalue weighted by Crippen LogP contribution is 2.70. The van der Waals surface area contributed by atoms with Crippen molar-refractivity contribution in [1.82, 2.24) is 0 Å². The summed E-state index contributed by atoms with van der Waals surface area (Å²) in [6, 6.07) is 3.08. The number of methoxy groups -OCH3 is 1. The number of phosphoric acid groups is 1. The largest absolute Gasteiger partial charge is 0.524 e. The molecule has 6 rings (SSSR count). The fourth-order valence-corrected chi connectivity index (χ4v) is 7.48. The number of carboxylic acids is 1. The van der Waals surface area contributed by atoms with Crippen LogP contribution in [0.15, 0.2) is 18.2 Å². The lowest BCUT2D eigenvalue weighted by atomic mass is 9.47. The molecule has 3 N–H and O–H groups in total. The Morgan fingerprint density at radius 3 is 2.25 bits per heavy atom. The lowest BCUT2D eigenvalue weighted by Gasteiger charge is -2.68. The van der Waals surface area contributed by atoms with E-state index in [4.69, 9.17) is 35.7 Å². The monoisotopic (exact) mass is 486 g/mol. The van der Waals surface area contributed by atoms with E-state index in [9.17, 15) is 19.1 Å². The van der Waals surface area contributed by atoms with E-state index in [1.165, 1.54) is 19.6 Å². The predicted octanol–water partition coefficient (Wildman–Crippen LogP) is 3.87. The van der Waals surface area contributed by atoms with E-state index in [-0.39, 0.29) is 28.2 Å². The molecular weight excluding hydrogens is 463 g/mol. The Hall–Kier alpha value is -1.45. The minimum Gasteiger partial charge on any atom is -0.478 e. The van der Waals surface area contributed by atoms with Gasteiger partial charge in [0.15, 0.2) is 11.4 Å². The number of carboxylic acid groups (broad SMARTS) is 1. The first-order valence-electron chi connectivity index (χ1n) is 10.5. The van der Waals surface area contributed by atoms with E-state index in [1.54, 1.807) is 6.07 Å². The minimum absolute atomic E-state index is 0.0927. The van der Waals surface area contributed by atoms with Gasteiger partial charge in [-0.05, 0) is 61.9 Å². The Labute approximate surface area is 189 Å². The van der Waals surface area contributed by atoms with Crippen LogP contribution >= 0.6 is 19.4 Å². The van der Waals surface area contributed by atoms with Crippen molar-refractivity contribution >= 4 is 31.5 Å². The van der Waals surface area contributed by atoms with E-state index in [1.807, 2.05) is 0 Å². The summed E-state index contributed by atoms with van der Waals surface area (Å²) in [6.45, 7) is 0. The Bertz CT molecular complexity index is 1000. The van der Waals surface area contributed by atoms with Crippen LogP contribution in [0.4, 0.5) is 0 Å². The van der Waals surface area contributed by atoms with E-state index in [0.717, 1.165) is 37.8 Å². The van der Waals surface area contributed by atoms with Crippen LogP contribution in [0.25, 0.3) is 6.08 Å². The molecule has 0 amide bonds. The highest BCUT2D eigenvalue weighted by Gasteiger charge is 2.77. The zero-order valence-corrected chi connectivity index (χ0v) is 18.9. The van der Waals surface area contributed by atoms with Gasteiger partial charge in [0, 0.05) is 24.3 Å². The Kier molecular flexibility index (Phi) is 5.26. The molecule has 9 nitrogen and oxygen atoms in total. The normalized spacial score (nSPS) is 37.8. The van der Waals surface area contributed by atoms with Crippen LogP contribution in [0.1, 0.15) is 43.2 Å². The SMILES string of the molecule is COC1(c2ccc(/C=C/C(=O)O)c(OP(=O)(O)O)c2Cl)OOC12C1CC3CC(C1)CC2C3. The summed E-state index contributed by atoms with van der Waals surface area (Å²) in [4.78, 5) is 41.4. The smallest absolute Gasteiger partial charge is 0.478 e. The summed E-state index contributed by atoms with van der Waals surface area (Å²) >= 11 is 6.64. The molecule has 1 saturated heterocycles. The van der Waals surface area contributed by atoms with Gasteiger partial charge in [0.25, 0.3) is 5.79 Å². The van der Waals surface area contributed by atoms with Crippen molar-refractivity contribution in [3.05, 3.63) is 34.4 Å². The van der Waals surface area contributed by atoms with Gasteiger partial charge in [-0.1, -0.05) is 23.7 Å². The van der Waals surface area contributed by atoms with Crippen LogP contribution in [0, 0.1) is 23.7 Å². The van der Waals surface area contributed by atoms with E-state index < -0.39 is 25.2 Å². The predicted molar refractivity (Wildman–Crippen MR) is 111 cm³/mol. The number of hydrogen-bond donors (Lipinski definition) is 3. The number of rotatable bonds is 6. The number of benzene rings is 1. The van der Waals surface area contributed by atoms with Crippen molar-refractivity contribution < 1.29 is 43.3 Å². The Morgan fingerprint density at radius 2 is 1.78 bits per heavy atom. The summed E-state index contributed by atoms with van der Waals surface area (Å²) in [5.74, 6) is -1.20. The number of phosphoric ester groups is 1. The highest BCUT2D eigenvalue weighted by atomic mass is 35.5. The summed E-state index contributed by atoms with van der Waals surface area (Å²) in [5, 5.41) is 8.82. The molecule has 1 aliphatic heterocycles. The molecule has 5 fully saturated rings. The molecule has 1 spiro atoms. The Balaban J connectivity index is 1.63. The zero-order valence-electron chi connectivity index (χ0n) is 17.3. The van der Waals surface area contributed by atoms with Crippen LogP contribution in [0.2, 0.25) is 5.02 Å². The van der Waals surface area contributed by atoms with Crippen LogP contribution in [0.5, 0.6) is 5.75 Å². The third-order valence-corrected chi connectivity index (χ3v) is 8.34. The third kappa shape index (κ3) is 3.18. The molecule has 1 aromatic rings. The van der Waals surface area contributed by atoms with Crippen LogP contribution in [-0.2, 0) is 29.7 Å². The topological polar surface area (TPSA) is 132 Å². The lowest BCUT2D eigenvalue weighted by Crippen LogP contribution is -2.76. The van der Waals surface area contributed by atoms with Crippen molar-refractivity contribution in [1.29, 1.82) is 0 Å². The van der Waals surface area contributed by atoms with E-state index in [0.29, 0.717) is 17.4 Å². The van der Waals surface area contributed by atoms with Crippen molar-refractivity contribution in [3.63, 3.8) is 0 Å². The van der Waals surface area contributed by atoms with Gasteiger partial charge in [-0.25, -0.2) is 14.2 Å². The van der Waals surface area contributed by atoms with Gasteiger partial charge in [0.05, 0.1) is 5.02 Å². The number of halogens is 1. The van der Waals surface area contributed by atoms with Crippen molar-refractivity contribution in [3.8, 4) is 5.75 Å². The number of hydrogen-bond acceptors (Lipinski definition) is 6. The molecule has 4 bridgehead atoms. The van der Waals surface area contributed by atoms with Gasteiger partial charge in [-0.15, -0.1) is 0 Å². The quantitative estimate of drug-likeness (QED) is 0.311. The van der Waals surface area contributed by atoms with Crippen molar-refractivity contribution in [2.45, 2.75) is 43.5 Å². The van der Waals surface area contributed by atoms with Gasteiger partial charge in [0.2, 0.25) is 0 Å². The van der Waals surface area contributed by atoms with Crippen LogP contribution < -0.4 is 4.52 Å². The zero-order chi connectivity index (χ0) is 22.9. The van der Waals surface area contributed by atoms with Gasteiger partial charge in [-0.2, -0.15) is 4.89 Å². The molecule has 4 aliphatic carbocycles. The number of ether oxygens (including phenoxy) is 1. The van der Waals surface area contributed by atoms with Crippen LogP contribution in [-0.4, -0.2) is 33.6 Å². The van der Waals surface area contributed by atoms with Gasteiger partial charge in [0.1, 0.15) is 0 Å². The first-order valence-corrected chi connectivity index (χ1v) is 12.4. The molecule has 174 valence electrons. The molecule has 1 aromatic carbocycles. The summed E-state index contributed by atoms with van der Waals surface area (Å²) in [7, 11) is -3.51. The second kappa shape index (κ2) is 7.53. The van der Waals surface area contributed by atoms with Crippen molar-refractivity contribution in [2.75, 3.05) is 7.11 Å².